The summed E-state index contributed by atoms with van der Waals surface area (Å²) >= 11 is 1.83. The Morgan fingerprint density at radius 1 is 1.64 bits per heavy atom. The number of fused-ring (bicyclic) bond motifs is 1. The summed E-state index contributed by atoms with van der Waals surface area (Å²) in [4.78, 5) is 6.07. The van der Waals surface area contributed by atoms with Crippen molar-refractivity contribution in [1.82, 2.24) is 10.3 Å². The normalized spacial score (nSPS) is 16.3. The summed E-state index contributed by atoms with van der Waals surface area (Å²) < 4.78 is 0. The molecule has 2 rings (SSSR count). The van der Waals surface area contributed by atoms with Gasteiger partial charge in [-0.15, -0.1) is 17.8 Å². The number of thiazole rings is 1. The smallest absolute Gasteiger partial charge is 0.107 e. The van der Waals surface area contributed by atoms with Gasteiger partial charge in [-0.05, 0) is 26.2 Å². The highest BCUT2D eigenvalue weighted by atomic mass is 32.1. The van der Waals surface area contributed by atoms with E-state index in [1.165, 1.54) is 28.4 Å². The van der Waals surface area contributed by atoms with Crippen LogP contribution in [0.1, 0.15) is 28.9 Å². The molecule has 1 atom stereocenters. The van der Waals surface area contributed by atoms with Crippen LogP contribution in [-0.4, -0.2) is 11.0 Å². The molecule has 1 heterocycles. The van der Waals surface area contributed by atoms with E-state index in [2.05, 4.69) is 16.2 Å². The monoisotopic (exact) mass is 206 g/mol. The van der Waals surface area contributed by atoms with Gasteiger partial charge >= 0.3 is 0 Å². The molecule has 0 radical (unpaired) electrons. The number of aryl methyl sites for hydroxylation is 2. The molecule has 0 saturated heterocycles. The van der Waals surface area contributed by atoms with E-state index in [9.17, 15) is 0 Å². The van der Waals surface area contributed by atoms with Crippen LogP contribution in [0.15, 0.2) is 0 Å². The number of hydrogen-bond acceptors (Lipinski definition) is 3. The largest absolute Gasteiger partial charge is 0.297 e. The van der Waals surface area contributed by atoms with Gasteiger partial charge in [0.25, 0.3) is 0 Å². The fourth-order valence-corrected chi connectivity index (χ4v) is 2.73. The lowest BCUT2D eigenvalue weighted by Crippen LogP contribution is -2.23. The molecule has 0 saturated carbocycles. The SMILES string of the molecule is C#CC(C)NCc1nc2c(s1)CCC2. The van der Waals surface area contributed by atoms with Crippen LogP contribution in [-0.2, 0) is 19.4 Å². The Morgan fingerprint density at radius 2 is 2.50 bits per heavy atom. The number of hydrogen-bond donors (Lipinski definition) is 1. The molecule has 1 unspecified atom stereocenters. The van der Waals surface area contributed by atoms with Crippen molar-refractivity contribution in [3.05, 3.63) is 15.6 Å². The Hall–Kier alpha value is -0.850. The van der Waals surface area contributed by atoms with Crippen LogP contribution in [0.4, 0.5) is 0 Å². The maximum absolute atomic E-state index is 5.28. The summed E-state index contributed by atoms with van der Waals surface area (Å²) in [6.07, 6.45) is 8.94. The Balaban J connectivity index is 1.95. The summed E-state index contributed by atoms with van der Waals surface area (Å²) in [6, 6.07) is 0.133. The molecule has 0 aliphatic heterocycles. The van der Waals surface area contributed by atoms with E-state index in [1.54, 1.807) is 0 Å². The van der Waals surface area contributed by atoms with Crippen molar-refractivity contribution < 1.29 is 0 Å². The first-order valence-electron chi connectivity index (χ1n) is 4.96. The van der Waals surface area contributed by atoms with Gasteiger partial charge in [-0.1, -0.05) is 5.92 Å². The number of terminal acetylenes is 1. The molecule has 1 aliphatic rings. The van der Waals surface area contributed by atoms with E-state index in [0.29, 0.717) is 0 Å². The van der Waals surface area contributed by atoms with Gasteiger partial charge in [0.15, 0.2) is 0 Å². The highest BCUT2D eigenvalue weighted by molar-refractivity contribution is 7.11. The van der Waals surface area contributed by atoms with Gasteiger partial charge in [0.2, 0.25) is 0 Å². The van der Waals surface area contributed by atoms with Crippen molar-refractivity contribution in [2.75, 3.05) is 0 Å². The maximum atomic E-state index is 5.28. The second-order valence-corrected chi connectivity index (χ2v) is 4.77. The third-order valence-corrected chi connectivity index (χ3v) is 3.61. The molecule has 74 valence electrons. The minimum absolute atomic E-state index is 0.133. The summed E-state index contributed by atoms with van der Waals surface area (Å²) in [5.41, 5.74) is 1.32. The molecule has 0 amide bonds. The molecule has 0 aromatic carbocycles. The zero-order chi connectivity index (χ0) is 9.97. The zero-order valence-electron chi connectivity index (χ0n) is 8.34. The predicted molar refractivity (Wildman–Crippen MR) is 59.3 cm³/mol. The molecule has 14 heavy (non-hydrogen) atoms. The highest BCUT2D eigenvalue weighted by Crippen LogP contribution is 2.27. The summed E-state index contributed by atoms with van der Waals surface area (Å²) in [7, 11) is 0. The van der Waals surface area contributed by atoms with Crippen molar-refractivity contribution >= 4 is 11.3 Å². The quantitative estimate of drug-likeness (QED) is 0.762. The van der Waals surface area contributed by atoms with E-state index in [4.69, 9.17) is 6.42 Å². The van der Waals surface area contributed by atoms with Crippen LogP contribution in [0.5, 0.6) is 0 Å². The topological polar surface area (TPSA) is 24.9 Å². The van der Waals surface area contributed by atoms with Gasteiger partial charge in [-0.2, -0.15) is 0 Å². The zero-order valence-corrected chi connectivity index (χ0v) is 9.16. The number of nitrogens with one attached hydrogen (secondary N) is 1. The fraction of sp³-hybridized carbons (Fsp3) is 0.545. The third-order valence-electron chi connectivity index (χ3n) is 2.45. The van der Waals surface area contributed by atoms with Gasteiger partial charge in [0.1, 0.15) is 5.01 Å². The van der Waals surface area contributed by atoms with E-state index < -0.39 is 0 Å². The first-order valence-corrected chi connectivity index (χ1v) is 5.78. The predicted octanol–water partition coefficient (Wildman–Crippen LogP) is 1.74. The standard InChI is InChI=1S/C11H14N2S/c1-3-8(2)12-7-11-13-9-5-4-6-10(9)14-11/h1,8,12H,4-7H2,2H3. The Labute approximate surface area is 88.8 Å². The fourth-order valence-electron chi connectivity index (χ4n) is 1.62. The first kappa shape index (κ1) is 9.70. The van der Waals surface area contributed by atoms with Gasteiger partial charge in [-0.3, -0.25) is 5.32 Å². The second kappa shape index (κ2) is 4.12. The molecule has 2 nitrogen and oxygen atoms in total. The summed E-state index contributed by atoms with van der Waals surface area (Å²) in [6.45, 7) is 2.80. The minimum atomic E-state index is 0.133. The van der Waals surface area contributed by atoms with E-state index >= 15 is 0 Å². The molecule has 1 N–H and O–H groups in total. The lowest BCUT2D eigenvalue weighted by atomic mass is 10.3. The number of aromatic nitrogens is 1. The van der Waals surface area contributed by atoms with Gasteiger partial charge in [-0.25, -0.2) is 4.98 Å². The number of rotatable bonds is 3. The lowest BCUT2D eigenvalue weighted by molar-refractivity contribution is 0.644. The number of nitrogens with zero attached hydrogens (tertiary/aromatic N) is 1. The van der Waals surface area contributed by atoms with Crippen LogP contribution < -0.4 is 5.32 Å². The third kappa shape index (κ3) is 1.97. The van der Waals surface area contributed by atoms with Crippen molar-refractivity contribution in [2.45, 2.75) is 38.8 Å². The molecular formula is C11H14N2S. The van der Waals surface area contributed by atoms with Crippen LogP contribution in [0.25, 0.3) is 0 Å². The van der Waals surface area contributed by atoms with E-state index in [-0.39, 0.29) is 6.04 Å². The van der Waals surface area contributed by atoms with Gasteiger partial charge in [0.05, 0.1) is 11.7 Å². The molecular weight excluding hydrogens is 192 g/mol. The van der Waals surface area contributed by atoms with Gasteiger partial charge in [0, 0.05) is 11.4 Å². The Morgan fingerprint density at radius 3 is 3.21 bits per heavy atom. The van der Waals surface area contributed by atoms with Crippen LogP contribution in [0.2, 0.25) is 0 Å². The molecule has 0 spiro atoms. The van der Waals surface area contributed by atoms with E-state index in [0.717, 1.165) is 13.0 Å². The second-order valence-electron chi connectivity index (χ2n) is 3.60. The Bertz CT molecular complexity index is 340. The van der Waals surface area contributed by atoms with Crippen LogP contribution in [0.3, 0.4) is 0 Å². The molecule has 1 aliphatic carbocycles. The van der Waals surface area contributed by atoms with Crippen molar-refractivity contribution in [3.8, 4) is 12.3 Å². The highest BCUT2D eigenvalue weighted by Gasteiger charge is 2.16. The summed E-state index contributed by atoms with van der Waals surface area (Å²) in [5.74, 6) is 2.65. The molecule has 0 fully saturated rings. The van der Waals surface area contributed by atoms with Crippen LogP contribution >= 0.6 is 11.3 Å². The maximum Gasteiger partial charge on any atom is 0.107 e. The van der Waals surface area contributed by atoms with Crippen molar-refractivity contribution in [3.63, 3.8) is 0 Å². The van der Waals surface area contributed by atoms with E-state index in [1.807, 2.05) is 18.3 Å². The van der Waals surface area contributed by atoms with Crippen molar-refractivity contribution in [1.29, 1.82) is 0 Å². The average Bonchev–Trinajstić information content (AvgIpc) is 2.73. The molecule has 1 aromatic heterocycles. The molecule has 0 bridgehead atoms. The van der Waals surface area contributed by atoms with Gasteiger partial charge < -0.3 is 0 Å². The molecule has 3 heteroatoms. The summed E-state index contributed by atoms with van der Waals surface area (Å²) in [5, 5.41) is 4.43. The first-order chi connectivity index (χ1) is 6.79. The molecule has 1 aromatic rings. The Kier molecular flexibility index (Phi) is 2.85. The minimum Gasteiger partial charge on any atom is -0.297 e. The van der Waals surface area contributed by atoms with Crippen molar-refractivity contribution in [2.24, 2.45) is 0 Å². The lowest BCUT2D eigenvalue weighted by Gasteiger charge is -2.04. The van der Waals surface area contributed by atoms with Crippen LogP contribution in [0, 0.1) is 12.3 Å². The average molecular weight is 206 g/mol.